The van der Waals surface area contributed by atoms with E-state index in [1.807, 2.05) is 55.8 Å². The molecular weight excluding hydrogens is 460 g/mol. The van der Waals surface area contributed by atoms with Gasteiger partial charge in [-0.1, -0.05) is 19.1 Å². The monoisotopic (exact) mass is 496 g/mol. The van der Waals surface area contributed by atoms with E-state index in [1.165, 1.54) is 0 Å². The number of carbonyl (C=O) groups excluding carboxylic acids is 1. The second-order valence-corrected chi connectivity index (χ2v) is 9.93. The quantitative estimate of drug-likeness (QED) is 0.441. The van der Waals surface area contributed by atoms with E-state index in [1.54, 1.807) is 12.0 Å². The maximum absolute atomic E-state index is 12.5. The van der Waals surface area contributed by atoms with Crippen molar-refractivity contribution in [2.45, 2.75) is 58.6 Å². The summed E-state index contributed by atoms with van der Waals surface area (Å²) in [6.45, 7) is 9.92. The van der Waals surface area contributed by atoms with E-state index in [9.17, 15) is 4.79 Å². The van der Waals surface area contributed by atoms with Crippen LogP contribution in [0.1, 0.15) is 53.0 Å². The minimum absolute atomic E-state index is 0.125. The second kappa shape index (κ2) is 11.1. The first kappa shape index (κ1) is 25.7. The molecule has 2 aromatic heterocycles. The number of amides is 1. The van der Waals surface area contributed by atoms with Gasteiger partial charge in [-0.2, -0.15) is 5.10 Å². The molecule has 0 radical (unpaired) electrons. The Morgan fingerprint density at radius 3 is 2.61 bits per heavy atom. The topological polar surface area (TPSA) is 104 Å². The van der Waals surface area contributed by atoms with Gasteiger partial charge < -0.3 is 24.4 Å². The number of piperidine rings is 1. The maximum Gasteiger partial charge on any atom is 0.410 e. The Labute approximate surface area is 211 Å². The van der Waals surface area contributed by atoms with Crippen molar-refractivity contribution in [2.75, 3.05) is 38.9 Å². The van der Waals surface area contributed by atoms with Crippen molar-refractivity contribution in [3.05, 3.63) is 30.3 Å². The first-order valence-electron chi connectivity index (χ1n) is 12.5. The molecule has 36 heavy (non-hydrogen) atoms. The molecule has 1 N–H and O–H groups in total. The number of likely N-dealkylation sites (tertiary alicyclic amines) is 1. The van der Waals surface area contributed by atoms with Gasteiger partial charge in [-0.05, 0) is 58.2 Å². The molecule has 0 unspecified atom stereocenters. The highest BCUT2D eigenvalue weighted by Crippen LogP contribution is 2.34. The lowest BCUT2D eigenvalue weighted by atomic mass is 10.1. The molecule has 1 amide bonds. The molecule has 4 rings (SSSR count). The number of rotatable bonds is 8. The highest BCUT2D eigenvalue weighted by atomic mass is 16.7. The lowest BCUT2D eigenvalue weighted by Crippen LogP contribution is -2.42. The molecule has 1 saturated heterocycles. The summed E-state index contributed by atoms with van der Waals surface area (Å²) in [5.74, 6) is 1.40. The fourth-order valence-corrected chi connectivity index (χ4v) is 4.25. The smallest absolute Gasteiger partial charge is 0.410 e. The van der Waals surface area contributed by atoms with E-state index in [0.717, 1.165) is 48.2 Å². The zero-order chi connectivity index (χ0) is 25.7. The Morgan fingerprint density at radius 1 is 1.17 bits per heavy atom. The summed E-state index contributed by atoms with van der Waals surface area (Å²) in [5, 5.41) is 17.4. The van der Waals surface area contributed by atoms with E-state index in [4.69, 9.17) is 19.3 Å². The van der Waals surface area contributed by atoms with Crippen LogP contribution < -0.4 is 10.1 Å². The average molecular weight is 497 g/mol. The third-order valence-corrected chi connectivity index (χ3v) is 5.95. The number of hydrogen-bond donors (Lipinski definition) is 1. The van der Waals surface area contributed by atoms with Crippen LogP contribution in [-0.2, 0) is 9.47 Å². The van der Waals surface area contributed by atoms with Gasteiger partial charge in [-0.3, -0.25) is 4.68 Å². The van der Waals surface area contributed by atoms with Gasteiger partial charge in [0.15, 0.2) is 18.1 Å². The van der Waals surface area contributed by atoms with Crippen LogP contribution in [0, 0.1) is 0 Å². The number of methoxy groups -OCH3 is 1. The molecule has 1 aromatic carbocycles. The SMILES string of the molecule is CCCNc1nn(C2CCN(C(=O)OC(C)(C)C)CC2)c2cc(-c3ccccc3OCOC)nnc12. The number of carbonyl (C=O) groups is 1. The van der Waals surface area contributed by atoms with Crippen LogP contribution >= 0.6 is 0 Å². The number of anilines is 1. The molecule has 0 atom stereocenters. The lowest BCUT2D eigenvalue weighted by Gasteiger charge is -2.33. The van der Waals surface area contributed by atoms with Crippen LogP contribution in [0.2, 0.25) is 0 Å². The van der Waals surface area contributed by atoms with E-state index in [0.29, 0.717) is 24.5 Å². The van der Waals surface area contributed by atoms with Gasteiger partial charge in [-0.15, -0.1) is 10.2 Å². The van der Waals surface area contributed by atoms with Gasteiger partial charge in [0.25, 0.3) is 0 Å². The van der Waals surface area contributed by atoms with Crippen LogP contribution in [0.15, 0.2) is 30.3 Å². The van der Waals surface area contributed by atoms with Crippen molar-refractivity contribution in [1.29, 1.82) is 0 Å². The standard InChI is InChI=1S/C26H36N6O4/c1-6-13-27-24-23-21(16-20(28-29-23)19-9-7-8-10-22(19)35-17-34-5)32(30-24)18-11-14-31(15-12-18)25(33)36-26(2,3)4/h7-10,16,18H,6,11-15,17H2,1-5H3,(H,27,30). The van der Waals surface area contributed by atoms with Crippen molar-refractivity contribution in [3.8, 4) is 17.0 Å². The van der Waals surface area contributed by atoms with Crippen LogP contribution in [0.5, 0.6) is 5.75 Å². The maximum atomic E-state index is 12.5. The Kier molecular flexibility index (Phi) is 7.93. The predicted octanol–water partition coefficient (Wildman–Crippen LogP) is 4.87. The van der Waals surface area contributed by atoms with Crippen molar-refractivity contribution in [2.24, 2.45) is 0 Å². The van der Waals surface area contributed by atoms with Crippen molar-refractivity contribution < 1.29 is 19.0 Å². The average Bonchev–Trinajstić information content (AvgIpc) is 3.23. The van der Waals surface area contributed by atoms with Gasteiger partial charge in [0.2, 0.25) is 0 Å². The third kappa shape index (κ3) is 5.87. The molecule has 0 spiro atoms. The largest absolute Gasteiger partial charge is 0.467 e. The van der Waals surface area contributed by atoms with Crippen LogP contribution in [0.3, 0.4) is 0 Å². The minimum Gasteiger partial charge on any atom is -0.467 e. The number of hydrogen-bond acceptors (Lipinski definition) is 8. The summed E-state index contributed by atoms with van der Waals surface area (Å²) in [6.07, 6.45) is 2.25. The molecule has 0 aliphatic carbocycles. The fraction of sp³-hybridized carbons (Fsp3) is 0.538. The molecule has 0 saturated carbocycles. The number of nitrogens with one attached hydrogen (secondary N) is 1. The molecule has 194 valence electrons. The molecule has 1 aliphatic heterocycles. The molecule has 10 heteroatoms. The normalized spacial score (nSPS) is 14.8. The fourth-order valence-electron chi connectivity index (χ4n) is 4.25. The molecule has 1 fully saturated rings. The summed E-state index contributed by atoms with van der Waals surface area (Å²) in [5.41, 5.74) is 2.65. The molecule has 3 heterocycles. The van der Waals surface area contributed by atoms with Gasteiger partial charge in [0, 0.05) is 32.3 Å². The van der Waals surface area contributed by atoms with E-state index in [2.05, 4.69) is 22.4 Å². The van der Waals surface area contributed by atoms with Gasteiger partial charge in [0.05, 0.1) is 17.3 Å². The number of aromatic nitrogens is 4. The number of para-hydroxylation sites is 1. The zero-order valence-electron chi connectivity index (χ0n) is 21.8. The highest BCUT2D eigenvalue weighted by molar-refractivity contribution is 5.88. The molecular formula is C26H36N6O4. The number of fused-ring (bicyclic) bond motifs is 1. The molecule has 1 aliphatic rings. The molecule has 0 bridgehead atoms. The summed E-state index contributed by atoms with van der Waals surface area (Å²) in [7, 11) is 1.59. The Hall–Kier alpha value is -3.40. The number of ether oxygens (including phenoxy) is 3. The number of nitrogens with zero attached hydrogens (tertiary/aromatic N) is 5. The predicted molar refractivity (Wildman–Crippen MR) is 138 cm³/mol. The minimum atomic E-state index is -0.510. The van der Waals surface area contributed by atoms with Crippen molar-refractivity contribution in [1.82, 2.24) is 24.9 Å². The zero-order valence-corrected chi connectivity index (χ0v) is 21.8. The highest BCUT2D eigenvalue weighted by Gasteiger charge is 2.29. The third-order valence-electron chi connectivity index (χ3n) is 5.95. The number of benzene rings is 1. The van der Waals surface area contributed by atoms with Crippen LogP contribution in [-0.4, -0.2) is 70.1 Å². The Balaban J connectivity index is 1.64. The van der Waals surface area contributed by atoms with Gasteiger partial charge >= 0.3 is 6.09 Å². The van der Waals surface area contributed by atoms with Crippen molar-refractivity contribution in [3.63, 3.8) is 0 Å². The lowest BCUT2D eigenvalue weighted by molar-refractivity contribution is 0.0186. The Morgan fingerprint density at radius 2 is 1.92 bits per heavy atom. The summed E-state index contributed by atoms with van der Waals surface area (Å²) in [6, 6.07) is 9.84. The van der Waals surface area contributed by atoms with Crippen LogP contribution in [0.4, 0.5) is 10.6 Å². The summed E-state index contributed by atoms with van der Waals surface area (Å²) < 4.78 is 18.4. The first-order chi connectivity index (χ1) is 17.3. The second-order valence-electron chi connectivity index (χ2n) is 9.93. The van der Waals surface area contributed by atoms with E-state index in [-0.39, 0.29) is 18.9 Å². The Bertz CT molecular complexity index is 1180. The molecule has 10 nitrogen and oxygen atoms in total. The summed E-state index contributed by atoms with van der Waals surface area (Å²) in [4.78, 5) is 14.3. The van der Waals surface area contributed by atoms with Gasteiger partial charge in [0.1, 0.15) is 11.4 Å². The van der Waals surface area contributed by atoms with Crippen LogP contribution in [0.25, 0.3) is 22.3 Å². The molecule has 3 aromatic rings. The van der Waals surface area contributed by atoms with E-state index < -0.39 is 5.60 Å². The summed E-state index contributed by atoms with van der Waals surface area (Å²) >= 11 is 0. The van der Waals surface area contributed by atoms with Crippen molar-refractivity contribution >= 4 is 22.9 Å². The van der Waals surface area contributed by atoms with E-state index >= 15 is 0 Å². The first-order valence-corrected chi connectivity index (χ1v) is 12.5. The van der Waals surface area contributed by atoms with Gasteiger partial charge in [-0.25, -0.2) is 4.79 Å².